The fourth-order valence-corrected chi connectivity index (χ4v) is 5.19. The van der Waals surface area contributed by atoms with Crippen LogP contribution in [0, 0.1) is 0 Å². The van der Waals surface area contributed by atoms with Gasteiger partial charge in [-0.2, -0.15) is 4.57 Å². The van der Waals surface area contributed by atoms with E-state index in [0.717, 1.165) is 39.8 Å². The lowest BCUT2D eigenvalue weighted by atomic mass is 9.87. The Morgan fingerprint density at radius 2 is 1.84 bits per heavy atom. The zero-order valence-corrected chi connectivity index (χ0v) is 19.9. The summed E-state index contributed by atoms with van der Waals surface area (Å²) < 4.78 is 8.19. The molecule has 2 aromatic rings. The Labute approximate surface area is 188 Å². The molecule has 164 valence electrons. The van der Waals surface area contributed by atoms with Crippen molar-refractivity contribution in [2.45, 2.75) is 33.2 Å². The van der Waals surface area contributed by atoms with Crippen molar-refractivity contribution in [2.75, 3.05) is 30.4 Å². The number of benzene rings is 2. The summed E-state index contributed by atoms with van der Waals surface area (Å²) >= 11 is 0. The molecule has 3 heterocycles. The third-order valence-electron chi connectivity index (χ3n) is 6.82. The number of aromatic nitrogens is 1. The van der Waals surface area contributed by atoms with Gasteiger partial charge >= 0.3 is 5.56 Å². The summed E-state index contributed by atoms with van der Waals surface area (Å²) in [6.07, 6.45) is 2.32. The van der Waals surface area contributed by atoms with Gasteiger partial charge in [-0.05, 0) is 57.5 Å². The number of hydrogen-bond donors (Lipinski definition) is 0. The van der Waals surface area contributed by atoms with Gasteiger partial charge in [0.15, 0.2) is 5.76 Å². The van der Waals surface area contributed by atoms with Crippen molar-refractivity contribution in [3.8, 4) is 11.3 Å². The fraction of sp³-hybridized carbons (Fsp3) is 0.333. The van der Waals surface area contributed by atoms with E-state index in [1.54, 1.807) is 4.57 Å². The van der Waals surface area contributed by atoms with Gasteiger partial charge in [0, 0.05) is 49.4 Å². The highest BCUT2D eigenvalue weighted by molar-refractivity contribution is 5.99. The van der Waals surface area contributed by atoms with E-state index in [1.807, 2.05) is 50.3 Å². The monoisotopic (exact) mass is 428 g/mol. The first kappa shape index (κ1) is 20.6. The molecular formula is C27H30N3O2+. The molecule has 0 spiro atoms. The number of anilines is 2. The lowest BCUT2D eigenvalue weighted by Gasteiger charge is -2.42. The average Bonchev–Trinajstić information content (AvgIpc) is 2.75. The summed E-state index contributed by atoms with van der Waals surface area (Å²) in [7, 11) is 5.87. The molecule has 0 N–H and O–H groups in total. The van der Waals surface area contributed by atoms with Crippen LogP contribution in [0.25, 0.3) is 38.8 Å². The first-order chi connectivity index (χ1) is 15.1. The van der Waals surface area contributed by atoms with Crippen molar-refractivity contribution in [1.29, 1.82) is 0 Å². The maximum atomic E-state index is 13.3. The first-order valence-electron chi connectivity index (χ1n) is 11.1. The van der Waals surface area contributed by atoms with Crippen LogP contribution in [0.4, 0.5) is 11.4 Å². The molecule has 0 saturated carbocycles. The van der Waals surface area contributed by atoms with Gasteiger partial charge in [-0.15, -0.1) is 0 Å². The minimum Gasteiger partial charge on any atom is -0.455 e. The van der Waals surface area contributed by atoms with Crippen molar-refractivity contribution in [1.82, 2.24) is 0 Å². The number of allylic oxidation sites excluding steroid dienone is 1. The van der Waals surface area contributed by atoms with Gasteiger partial charge in [0.05, 0.1) is 16.6 Å². The molecule has 0 saturated heterocycles. The van der Waals surface area contributed by atoms with Crippen molar-refractivity contribution >= 4 is 38.8 Å². The molecule has 2 aromatic carbocycles. The van der Waals surface area contributed by atoms with E-state index in [9.17, 15) is 4.79 Å². The minimum absolute atomic E-state index is 0.0415. The molecule has 5 rings (SSSR count). The highest BCUT2D eigenvalue weighted by Gasteiger charge is 2.33. The van der Waals surface area contributed by atoms with Crippen LogP contribution in [-0.4, -0.2) is 26.2 Å². The van der Waals surface area contributed by atoms with Crippen LogP contribution in [0.15, 0.2) is 51.7 Å². The number of rotatable bonds is 2. The predicted octanol–water partition coefficient (Wildman–Crippen LogP) is 4.96. The molecule has 3 aliphatic rings. The highest BCUT2D eigenvalue weighted by atomic mass is 16.3. The Bertz CT molecular complexity index is 1460. The van der Waals surface area contributed by atoms with Gasteiger partial charge < -0.3 is 14.2 Å². The second-order valence-corrected chi connectivity index (χ2v) is 9.58. The van der Waals surface area contributed by atoms with E-state index in [2.05, 4.69) is 50.8 Å². The maximum absolute atomic E-state index is 13.3. The van der Waals surface area contributed by atoms with Gasteiger partial charge in [0.25, 0.3) is 0 Å². The Hall–Kier alpha value is -3.34. The summed E-state index contributed by atoms with van der Waals surface area (Å²) in [6.45, 7) is 9.69. The van der Waals surface area contributed by atoms with Crippen LogP contribution in [0.5, 0.6) is 0 Å². The van der Waals surface area contributed by atoms with Crippen LogP contribution in [-0.2, 0) is 7.05 Å². The molecule has 0 aromatic heterocycles. The molecule has 0 unspecified atom stereocenters. The van der Waals surface area contributed by atoms with Crippen molar-refractivity contribution in [3.63, 3.8) is 0 Å². The molecule has 3 aliphatic heterocycles. The number of pyridine rings is 1. The van der Waals surface area contributed by atoms with E-state index < -0.39 is 0 Å². The van der Waals surface area contributed by atoms with E-state index >= 15 is 0 Å². The zero-order valence-electron chi connectivity index (χ0n) is 19.9. The lowest BCUT2D eigenvalue weighted by molar-refractivity contribution is -0.658. The number of hydrogen-bond acceptors (Lipinski definition) is 4. The van der Waals surface area contributed by atoms with Crippen LogP contribution in [0.2, 0.25) is 0 Å². The summed E-state index contributed by atoms with van der Waals surface area (Å²) in [4.78, 5) is 17.8. The van der Waals surface area contributed by atoms with Crippen LogP contribution < -0.4 is 19.9 Å². The molecular weight excluding hydrogens is 398 g/mol. The molecule has 0 amide bonds. The predicted molar refractivity (Wildman–Crippen MR) is 133 cm³/mol. The largest absolute Gasteiger partial charge is 0.455 e. The van der Waals surface area contributed by atoms with E-state index in [-0.39, 0.29) is 11.1 Å². The second-order valence-electron chi connectivity index (χ2n) is 9.58. The molecule has 32 heavy (non-hydrogen) atoms. The average molecular weight is 429 g/mol. The Morgan fingerprint density at radius 1 is 1.09 bits per heavy atom. The van der Waals surface area contributed by atoms with Gasteiger partial charge in [-0.1, -0.05) is 6.08 Å². The lowest BCUT2D eigenvalue weighted by Crippen LogP contribution is -2.48. The third-order valence-corrected chi connectivity index (χ3v) is 6.82. The van der Waals surface area contributed by atoms with E-state index in [4.69, 9.17) is 4.42 Å². The smallest absolute Gasteiger partial charge is 0.423 e. The molecule has 5 heteroatoms. The fourth-order valence-electron chi connectivity index (χ4n) is 5.19. The quantitative estimate of drug-likeness (QED) is 0.257. The summed E-state index contributed by atoms with van der Waals surface area (Å²) in [5, 5.41) is 1.88. The first-order valence-corrected chi connectivity index (χ1v) is 11.1. The van der Waals surface area contributed by atoms with Crippen molar-refractivity contribution in [3.05, 3.63) is 58.4 Å². The molecule has 5 nitrogen and oxygen atoms in total. The highest BCUT2D eigenvalue weighted by Crippen LogP contribution is 2.42. The SMILES string of the molecule is CCN1c2cc3c(cc2C(C)=CC1(C)C)c1oc2cc(N(C)C)ccc2cc-1c(=O)[n+]3C. The number of likely N-dealkylation sites (N-methyl/N-ethyl adjacent to an activating group) is 1. The van der Waals surface area contributed by atoms with E-state index in [0.29, 0.717) is 11.3 Å². The third kappa shape index (κ3) is 2.84. The van der Waals surface area contributed by atoms with Gasteiger partial charge in [0.2, 0.25) is 5.52 Å². The van der Waals surface area contributed by atoms with Crippen molar-refractivity contribution in [2.24, 2.45) is 7.05 Å². The molecule has 0 bridgehead atoms. The van der Waals surface area contributed by atoms with E-state index in [1.165, 1.54) is 11.1 Å². The standard InChI is InChI=1S/C27H30N3O2/c1-8-30-23-14-22-20(13-19(23)16(2)15-27(30,3)4)25-21(26(31)29(22)7)11-17-9-10-18(28(5)6)12-24(17)32-25/h9-15H,8H2,1-7H3/q+1. The molecule has 0 radical (unpaired) electrons. The van der Waals surface area contributed by atoms with Crippen LogP contribution in [0.3, 0.4) is 0 Å². The summed E-state index contributed by atoms with van der Waals surface area (Å²) in [5.41, 5.74) is 6.80. The minimum atomic E-state index is -0.0849. The number of fused-ring (bicyclic) bond motifs is 5. The number of aryl methyl sites for hydroxylation is 1. The number of nitrogens with zero attached hydrogens (tertiary/aromatic N) is 3. The Balaban J connectivity index is 1.91. The molecule has 0 atom stereocenters. The van der Waals surface area contributed by atoms with Gasteiger partial charge in [-0.3, -0.25) is 0 Å². The van der Waals surface area contributed by atoms with Gasteiger partial charge in [0.1, 0.15) is 18.2 Å². The summed E-state index contributed by atoms with van der Waals surface area (Å²) in [5.74, 6) is 0.648. The summed E-state index contributed by atoms with van der Waals surface area (Å²) in [6, 6.07) is 12.4. The van der Waals surface area contributed by atoms with Gasteiger partial charge in [-0.25, -0.2) is 4.79 Å². The second kappa shape index (κ2) is 6.83. The maximum Gasteiger partial charge on any atom is 0.423 e. The van der Waals surface area contributed by atoms with Crippen LogP contribution >= 0.6 is 0 Å². The Morgan fingerprint density at radius 3 is 2.53 bits per heavy atom. The molecule has 0 fully saturated rings. The topological polar surface area (TPSA) is 40.6 Å². The van der Waals surface area contributed by atoms with Crippen LogP contribution in [0.1, 0.15) is 33.3 Å². The molecule has 0 aliphatic carbocycles. The Kier molecular flexibility index (Phi) is 4.39. The zero-order chi connectivity index (χ0) is 22.9. The normalized spacial score (nSPS) is 15.3. The van der Waals surface area contributed by atoms with Crippen molar-refractivity contribution < 1.29 is 8.98 Å².